The molecule has 0 saturated heterocycles. The standard InChI is InChI=1S/C17H36BrN/c1-14(2)8-10-19(11-9-15(3)4)13-16(12-18)17(5,6)7/h14-16H,8-13H2,1-7H3. The lowest BCUT2D eigenvalue weighted by atomic mass is 9.81. The molecule has 0 fully saturated rings. The Bertz CT molecular complexity index is 206. The quantitative estimate of drug-likeness (QED) is 0.508. The number of hydrogen-bond donors (Lipinski definition) is 0. The van der Waals surface area contributed by atoms with E-state index in [9.17, 15) is 0 Å². The van der Waals surface area contributed by atoms with Crippen LogP contribution in [0.5, 0.6) is 0 Å². The summed E-state index contributed by atoms with van der Waals surface area (Å²) >= 11 is 3.71. The maximum absolute atomic E-state index is 3.71. The minimum atomic E-state index is 0.386. The Morgan fingerprint density at radius 1 is 0.895 bits per heavy atom. The molecule has 0 bridgehead atoms. The van der Waals surface area contributed by atoms with E-state index in [0.717, 1.165) is 23.1 Å². The first-order valence-electron chi connectivity index (χ1n) is 7.95. The van der Waals surface area contributed by atoms with Gasteiger partial charge in [0.1, 0.15) is 0 Å². The summed E-state index contributed by atoms with van der Waals surface area (Å²) in [4.78, 5) is 2.69. The van der Waals surface area contributed by atoms with E-state index in [1.165, 1.54) is 32.5 Å². The molecule has 0 rings (SSSR count). The van der Waals surface area contributed by atoms with Crippen molar-refractivity contribution in [2.24, 2.45) is 23.2 Å². The van der Waals surface area contributed by atoms with Crippen LogP contribution in [0.4, 0.5) is 0 Å². The van der Waals surface area contributed by atoms with Crippen LogP contribution >= 0.6 is 15.9 Å². The fraction of sp³-hybridized carbons (Fsp3) is 1.00. The molecule has 0 aromatic rings. The number of nitrogens with zero attached hydrogens (tertiary/aromatic N) is 1. The molecule has 0 aliphatic carbocycles. The van der Waals surface area contributed by atoms with Gasteiger partial charge in [-0.25, -0.2) is 0 Å². The molecule has 116 valence electrons. The smallest absolute Gasteiger partial charge is 0.00768 e. The summed E-state index contributed by atoms with van der Waals surface area (Å²) in [7, 11) is 0. The topological polar surface area (TPSA) is 3.24 Å². The van der Waals surface area contributed by atoms with Gasteiger partial charge in [-0.3, -0.25) is 0 Å². The summed E-state index contributed by atoms with van der Waals surface area (Å²) in [5, 5.41) is 1.11. The van der Waals surface area contributed by atoms with Gasteiger partial charge < -0.3 is 4.90 Å². The van der Waals surface area contributed by atoms with Crippen LogP contribution in [-0.4, -0.2) is 29.9 Å². The first-order chi connectivity index (χ1) is 8.66. The zero-order valence-corrected chi connectivity index (χ0v) is 15.9. The Morgan fingerprint density at radius 3 is 1.58 bits per heavy atom. The summed E-state index contributed by atoms with van der Waals surface area (Å²) in [6.45, 7) is 20.1. The van der Waals surface area contributed by atoms with Crippen LogP contribution in [-0.2, 0) is 0 Å². The predicted octanol–water partition coefficient (Wildman–Crippen LogP) is 5.44. The minimum Gasteiger partial charge on any atom is -0.303 e. The van der Waals surface area contributed by atoms with Crippen LogP contribution in [0.2, 0.25) is 0 Å². The first-order valence-corrected chi connectivity index (χ1v) is 9.07. The van der Waals surface area contributed by atoms with E-state index >= 15 is 0 Å². The number of rotatable bonds is 9. The second-order valence-electron chi connectivity index (χ2n) is 7.88. The summed E-state index contributed by atoms with van der Waals surface area (Å²) in [6.07, 6.45) is 2.63. The third kappa shape index (κ3) is 9.90. The molecule has 0 saturated carbocycles. The largest absolute Gasteiger partial charge is 0.303 e. The molecular formula is C17H36BrN. The Morgan fingerprint density at radius 2 is 1.32 bits per heavy atom. The van der Waals surface area contributed by atoms with Gasteiger partial charge >= 0.3 is 0 Å². The van der Waals surface area contributed by atoms with Crippen molar-refractivity contribution in [3.63, 3.8) is 0 Å². The molecule has 19 heavy (non-hydrogen) atoms. The zero-order valence-electron chi connectivity index (χ0n) is 14.3. The maximum atomic E-state index is 3.71. The highest BCUT2D eigenvalue weighted by Gasteiger charge is 2.25. The Hall–Kier alpha value is 0.440. The summed E-state index contributed by atoms with van der Waals surface area (Å²) < 4.78 is 0. The highest BCUT2D eigenvalue weighted by molar-refractivity contribution is 9.09. The Balaban J connectivity index is 4.45. The lowest BCUT2D eigenvalue weighted by Crippen LogP contribution is -2.38. The third-order valence-electron chi connectivity index (χ3n) is 3.93. The van der Waals surface area contributed by atoms with E-state index in [1.54, 1.807) is 0 Å². The van der Waals surface area contributed by atoms with Crippen molar-refractivity contribution in [3.8, 4) is 0 Å². The average molecular weight is 334 g/mol. The number of alkyl halides is 1. The lowest BCUT2D eigenvalue weighted by Gasteiger charge is -2.35. The summed E-state index contributed by atoms with van der Waals surface area (Å²) in [6, 6.07) is 0. The molecule has 2 heteroatoms. The molecule has 0 aliphatic heterocycles. The van der Waals surface area contributed by atoms with Crippen molar-refractivity contribution in [1.29, 1.82) is 0 Å². The fourth-order valence-electron chi connectivity index (χ4n) is 2.04. The van der Waals surface area contributed by atoms with Crippen LogP contribution in [0.15, 0.2) is 0 Å². The summed E-state index contributed by atoms with van der Waals surface area (Å²) in [5.41, 5.74) is 0.386. The normalized spacial score (nSPS) is 14.7. The number of hydrogen-bond acceptors (Lipinski definition) is 1. The van der Waals surface area contributed by atoms with Crippen molar-refractivity contribution in [2.45, 2.75) is 61.3 Å². The van der Waals surface area contributed by atoms with Gasteiger partial charge in [0.05, 0.1) is 0 Å². The van der Waals surface area contributed by atoms with Crippen LogP contribution in [0, 0.1) is 23.2 Å². The van der Waals surface area contributed by atoms with Crippen molar-refractivity contribution in [1.82, 2.24) is 4.90 Å². The van der Waals surface area contributed by atoms with Crippen LogP contribution < -0.4 is 0 Å². The second-order valence-corrected chi connectivity index (χ2v) is 8.53. The maximum Gasteiger partial charge on any atom is 0.00768 e. The SMILES string of the molecule is CC(C)CCN(CCC(C)C)CC(CBr)C(C)(C)C. The van der Waals surface area contributed by atoms with Crippen molar-refractivity contribution in [3.05, 3.63) is 0 Å². The molecule has 1 unspecified atom stereocenters. The van der Waals surface area contributed by atoms with E-state index in [-0.39, 0.29) is 0 Å². The van der Waals surface area contributed by atoms with Gasteiger partial charge in [-0.15, -0.1) is 0 Å². The summed E-state index contributed by atoms with van der Waals surface area (Å²) in [5.74, 6) is 2.34. The average Bonchev–Trinajstić information content (AvgIpc) is 2.25. The van der Waals surface area contributed by atoms with Gasteiger partial charge in [-0.1, -0.05) is 64.4 Å². The molecule has 1 nitrogen and oxygen atoms in total. The monoisotopic (exact) mass is 333 g/mol. The molecule has 0 aromatic heterocycles. The van der Waals surface area contributed by atoms with E-state index in [2.05, 4.69) is 69.3 Å². The van der Waals surface area contributed by atoms with Gasteiger partial charge in [-0.2, -0.15) is 0 Å². The third-order valence-corrected chi connectivity index (χ3v) is 4.72. The fourth-order valence-corrected chi connectivity index (χ4v) is 3.22. The highest BCUT2D eigenvalue weighted by atomic mass is 79.9. The molecule has 0 radical (unpaired) electrons. The first kappa shape index (κ1) is 19.4. The number of halogens is 1. The molecule has 0 aromatic carbocycles. The van der Waals surface area contributed by atoms with E-state index < -0.39 is 0 Å². The molecule has 1 atom stereocenters. The van der Waals surface area contributed by atoms with Crippen molar-refractivity contribution in [2.75, 3.05) is 25.0 Å². The van der Waals surface area contributed by atoms with Gasteiger partial charge in [0, 0.05) is 11.9 Å². The van der Waals surface area contributed by atoms with Crippen LogP contribution in [0.25, 0.3) is 0 Å². The highest BCUT2D eigenvalue weighted by Crippen LogP contribution is 2.28. The molecule has 0 N–H and O–H groups in total. The van der Waals surface area contributed by atoms with E-state index in [0.29, 0.717) is 5.41 Å². The van der Waals surface area contributed by atoms with E-state index in [4.69, 9.17) is 0 Å². The molecular weight excluding hydrogens is 298 g/mol. The van der Waals surface area contributed by atoms with E-state index in [1.807, 2.05) is 0 Å². The van der Waals surface area contributed by atoms with Gasteiger partial charge in [0.2, 0.25) is 0 Å². The van der Waals surface area contributed by atoms with Gasteiger partial charge in [-0.05, 0) is 49.1 Å². The minimum absolute atomic E-state index is 0.386. The van der Waals surface area contributed by atoms with Gasteiger partial charge in [0.15, 0.2) is 0 Å². The van der Waals surface area contributed by atoms with Crippen molar-refractivity contribution >= 4 is 15.9 Å². The second kappa shape index (κ2) is 9.39. The molecule has 0 amide bonds. The predicted molar refractivity (Wildman–Crippen MR) is 92.1 cm³/mol. The lowest BCUT2D eigenvalue weighted by molar-refractivity contribution is 0.154. The molecule has 0 heterocycles. The van der Waals surface area contributed by atoms with Crippen molar-refractivity contribution < 1.29 is 0 Å². The Labute approximate surface area is 130 Å². The Kier molecular flexibility index (Phi) is 9.61. The molecule has 0 aliphatic rings. The zero-order chi connectivity index (χ0) is 15.1. The van der Waals surface area contributed by atoms with Crippen LogP contribution in [0.1, 0.15) is 61.3 Å². The molecule has 0 spiro atoms. The van der Waals surface area contributed by atoms with Gasteiger partial charge in [0.25, 0.3) is 0 Å². The van der Waals surface area contributed by atoms with Crippen LogP contribution in [0.3, 0.4) is 0 Å².